The quantitative estimate of drug-likeness (QED) is 0.841. The second-order valence-electron chi connectivity index (χ2n) is 5.87. The van der Waals surface area contributed by atoms with Crippen molar-refractivity contribution in [3.63, 3.8) is 0 Å². The minimum absolute atomic E-state index is 0.325. The fraction of sp³-hybridized carbons (Fsp3) is 0.923. The van der Waals surface area contributed by atoms with Crippen molar-refractivity contribution in [3.05, 3.63) is 0 Å². The van der Waals surface area contributed by atoms with Crippen LogP contribution in [0.25, 0.3) is 0 Å². The fourth-order valence-electron chi connectivity index (χ4n) is 2.99. The minimum atomic E-state index is -4.18. The summed E-state index contributed by atoms with van der Waals surface area (Å²) >= 11 is 0. The van der Waals surface area contributed by atoms with Crippen LogP contribution in [0.15, 0.2) is 0 Å². The van der Waals surface area contributed by atoms with Gasteiger partial charge >= 0.3 is 12.1 Å². The lowest BCUT2D eigenvalue weighted by Crippen LogP contribution is -2.54. The standard InChI is InChI=1S/C13H21F3N2O3/c14-13(15,16)10-18-5-3-17(4-6-18)9-12(11(19)20)1-7-21-8-2-12/h1-10H2,(H,19,20). The number of nitrogens with zero attached hydrogens (tertiary/aromatic N) is 2. The Hall–Kier alpha value is -0.860. The van der Waals surface area contributed by atoms with Crippen LogP contribution in [0.4, 0.5) is 13.2 Å². The summed E-state index contributed by atoms with van der Waals surface area (Å²) in [4.78, 5) is 14.9. The van der Waals surface area contributed by atoms with Gasteiger partial charge in [0.05, 0.1) is 12.0 Å². The van der Waals surface area contributed by atoms with Gasteiger partial charge in [-0.3, -0.25) is 14.6 Å². The summed E-state index contributed by atoms with van der Waals surface area (Å²) in [6.07, 6.45) is -3.25. The van der Waals surface area contributed by atoms with Crippen LogP contribution < -0.4 is 0 Å². The fourth-order valence-corrected chi connectivity index (χ4v) is 2.99. The van der Waals surface area contributed by atoms with Crippen molar-refractivity contribution in [3.8, 4) is 0 Å². The normalized spacial score (nSPS) is 24.9. The van der Waals surface area contributed by atoms with E-state index in [0.29, 0.717) is 58.8 Å². The second kappa shape index (κ2) is 6.50. The highest BCUT2D eigenvalue weighted by Gasteiger charge is 2.42. The van der Waals surface area contributed by atoms with Gasteiger partial charge in [-0.1, -0.05) is 0 Å². The Morgan fingerprint density at radius 1 is 1.10 bits per heavy atom. The number of piperazine rings is 1. The number of halogens is 3. The number of rotatable bonds is 4. The molecule has 0 aromatic heterocycles. The van der Waals surface area contributed by atoms with E-state index in [1.807, 2.05) is 4.90 Å². The minimum Gasteiger partial charge on any atom is -0.481 e. The zero-order valence-corrected chi connectivity index (χ0v) is 11.9. The van der Waals surface area contributed by atoms with Crippen molar-refractivity contribution in [2.45, 2.75) is 19.0 Å². The van der Waals surface area contributed by atoms with Crippen molar-refractivity contribution in [2.75, 3.05) is 52.5 Å². The lowest BCUT2D eigenvalue weighted by molar-refractivity contribution is -0.158. The molecular weight excluding hydrogens is 289 g/mol. The van der Waals surface area contributed by atoms with Gasteiger partial charge in [-0.25, -0.2) is 0 Å². The van der Waals surface area contributed by atoms with E-state index in [1.165, 1.54) is 4.90 Å². The molecule has 0 bridgehead atoms. The summed E-state index contributed by atoms with van der Waals surface area (Å²) in [6, 6.07) is 0. The van der Waals surface area contributed by atoms with Crippen molar-refractivity contribution in [2.24, 2.45) is 5.41 Å². The van der Waals surface area contributed by atoms with Crippen LogP contribution in [-0.2, 0) is 9.53 Å². The molecule has 0 aromatic rings. The molecule has 2 saturated heterocycles. The number of carboxylic acid groups (broad SMARTS) is 1. The summed E-state index contributed by atoms with van der Waals surface area (Å²) in [5.41, 5.74) is -0.815. The van der Waals surface area contributed by atoms with Gasteiger partial charge < -0.3 is 9.84 Å². The number of hydrogen-bond acceptors (Lipinski definition) is 4. The number of alkyl halides is 3. The largest absolute Gasteiger partial charge is 0.481 e. The van der Waals surface area contributed by atoms with Gasteiger partial charge in [-0.15, -0.1) is 0 Å². The van der Waals surface area contributed by atoms with E-state index in [1.54, 1.807) is 0 Å². The Morgan fingerprint density at radius 2 is 1.62 bits per heavy atom. The van der Waals surface area contributed by atoms with Gasteiger partial charge in [0.15, 0.2) is 0 Å². The summed E-state index contributed by atoms with van der Waals surface area (Å²) in [5.74, 6) is -0.830. The molecule has 2 rings (SSSR count). The maximum atomic E-state index is 12.3. The average molecular weight is 310 g/mol. The van der Waals surface area contributed by atoms with Gasteiger partial charge in [-0.05, 0) is 12.8 Å². The van der Waals surface area contributed by atoms with Crippen LogP contribution in [-0.4, -0.2) is 79.5 Å². The van der Waals surface area contributed by atoms with Gasteiger partial charge in [0.25, 0.3) is 0 Å². The smallest absolute Gasteiger partial charge is 0.401 e. The van der Waals surface area contributed by atoms with E-state index in [4.69, 9.17) is 4.74 Å². The predicted octanol–water partition coefficient (Wildman–Crippen LogP) is 1.05. The van der Waals surface area contributed by atoms with Crippen LogP contribution in [0, 0.1) is 5.41 Å². The summed E-state index contributed by atoms with van der Waals surface area (Å²) in [5, 5.41) is 9.48. The molecule has 1 N–H and O–H groups in total. The van der Waals surface area contributed by atoms with E-state index in [2.05, 4.69) is 0 Å². The maximum Gasteiger partial charge on any atom is 0.401 e. The molecule has 5 nitrogen and oxygen atoms in total. The Labute approximate surface area is 121 Å². The molecule has 0 radical (unpaired) electrons. The molecule has 0 aromatic carbocycles. The van der Waals surface area contributed by atoms with E-state index >= 15 is 0 Å². The summed E-state index contributed by atoms with van der Waals surface area (Å²) in [6.45, 7) is 1.97. The molecular formula is C13H21F3N2O3. The van der Waals surface area contributed by atoms with Crippen LogP contribution in [0.3, 0.4) is 0 Å². The molecule has 0 spiro atoms. The van der Waals surface area contributed by atoms with Crippen molar-refractivity contribution < 1.29 is 27.8 Å². The molecule has 21 heavy (non-hydrogen) atoms. The molecule has 0 aliphatic carbocycles. The highest BCUT2D eigenvalue weighted by molar-refractivity contribution is 5.75. The molecule has 0 amide bonds. The van der Waals surface area contributed by atoms with E-state index < -0.39 is 24.1 Å². The first-order valence-corrected chi connectivity index (χ1v) is 7.13. The monoisotopic (exact) mass is 310 g/mol. The SMILES string of the molecule is O=C(O)C1(CN2CCN(CC(F)(F)F)CC2)CCOCC1. The number of aliphatic carboxylic acids is 1. The van der Waals surface area contributed by atoms with Crippen molar-refractivity contribution in [1.82, 2.24) is 9.80 Å². The van der Waals surface area contributed by atoms with Crippen LogP contribution in [0.2, 0.25) is 0 Å². The number of hydrogen-bond donors (Lipinski definition) is 1. The Kier molecular flexibility index (Phi) is 5.11. The third-order valence-corrected chi connectivity index (χ3v) is 4.30. The molecule has 0 unspecified atom stereocenters. The molecule has 2 aliphatic rings. The second-order valence-corrected chi connectivity index (χ2v) is 5.87. The summed E-state index contributed by atoms with van der Waals surface area (Å²) in [7, 11) is 0. The lowest BCUT2D eigenvalue weighted by Gasteiger charge is -2.41. The first-order valence-electron chi connectivity index (χ1n) is 7.13. The average Bonchev–Trinajstić information content (AvgIpc) is 2.40. The number of carboxylic acids is 1. The maximum absolute atomic E-state index is 12.3. The Balaban J connectivity index is 1.85. The third kappa shape index (κ3) is 4.55. The number of carbonyl (C=O) groups is 1. The van der Waals surface area contributed by atoms with Gasteiger partial charge in [0, 0.05) is 45.9 Å². The molecule has 122 valence electrons. The van der Waals surface area contributed by atoms with E-state index in [9.17, 15) is 23.1 Å². The zero-order chi connectivity index (χ0) is 15.5. The van der Waals surface area contributed by atoms with Gasteiger partial charge in [0.2, 0.25) is 0 Å². The van der Waals surface area contributed by atoms with E-state index in [0.717, 1.165) is 0 Å². The first-order chi connectivity index (χ1) is 9.81. The molecule has 0 saturated carbocycles. The topological polar surface area (TPSA) is 53.0 Å². The molecule has 2 fully saturated rings. The number of ether oxygens (including phenoxy) is 1. The highest BCUT2D eigenvalue weighted by Crippen LogP contribution is 2.32. The highest BCUT2D eigenvalue weighted by atomic mass is 19.4. The van der Waals surface area contributed by atoms with Gasteiger partial charge in [0.1, 0.15) is 0 Å². The molecule has 8 heteroatoms. The molecule has 2 aliphatic heterocycles. The Bertz CT molecular complexity index is 362. The summed E-state index contributed by atoms with van der Waals surface area (Å²) < 4.78 is 42.2. The van der Waals surface area contributed by atoms with Crippen LogP contribution >= 0.6 is 0 Å². The molecule has 0 atom stereocenters. The third-order valence-electron chi connectivity index (χ3n) is 4.30. The zero-order valence-electron chi connectivity index (χ0n) is 11.9. The predicted molar refractivity (Wildman–Crippen MR) is 69.1 cm³/mol. The molecule has 2 heterocycles. The first kappa shape index (κ1) is 16.5. The van der Waals surface area contributed by atoms with Crippen LogP contribution in [0.1, 0.15) is 12.8 Å². The Morgan fingerprint density at radius 3 is 2.10 bits per heavy atom. The van der Waals surface area contributed by atoms with E-state index in [-0.39, 0.29) is 0 Å². The van der Waals surface area contributed by atoms with Crippen LogP contribution in [0.5, 0.6) is 0 Å². The van der Waals surface area contributed by atoms with Gasteiger partial charge in [-0.2, -0.15) is 13.2 Å². The lowest BCUT2D eigenvalue weighted by atomic mass is 9.79. The van der Waals surface area contributed by atoms with Crippen molar-refractivity contribution >= 4 is 5.97 Å². The van der Waals surface area contributed by atoms with Crippen molar-refractivity contribution in [1.29, 1.82) is 0 Å².